The molecule has 0 aliphatic carbocycles. The van der Waals surface area contributed by atoms with E-state index in [0.29, 0.717) is 16.0 Å². The number of hydrogen-bond donors (Lipinski definition) is 2. The minimum absolute atomic E-state index is 0.171. The number of thiophene rings is 1. The van der Waals surface area contributed by atoms with Crippen molar-refractivity contribution in [3.63, 3.8) is 0 Å². The van der Waals surface area contributed by atoms with Crippen LogP contribution in [0.25, 0.3) is 10.2 Å². The molecule has 1 aromatic carbocycles. The maximum absolute atomic E-state index is 12.4. The molecule has 0 unspecified atom stereocenters. The molecule has 3 N–H and O–H groups in total. The molecule has 8 nitrogen and oxygen atoms in total. The first-order valence-corrected chi connectivity index (χ1v) is 9.44. The van der Waals surface area contributed by atoms with Crippen molar-refractivity contribution >= 4 is 45.0 Å². The minimum Gasteiger partial charge on any atom is -0.496 e. The number of nitrogen functional groups attached to an aromatic ring is 1. The van der Waals surface area contributed by atoms with Crippen LogP contribution in [0, 0.1) is 13.8 Å². The number of benzene rings is 1. The van der Waals surface area contributed by atoms with E-state index in [4.69, 9.17) is 15.2 Å². The average Bonchev–Trinajstić information content (AvgIpc) is 3.02. The van der Waals surface area contributed by atoms with Gasteiger partial charge in [0.15, 0.2) is 6.61 Å². The fraction of sp³-hybridized carbons (Fsp3) is 0.200. The zero-order chi connectivity index (χ0) is 21.1. The number of aryl methyl sites for hydroxylation is 2. The summed E-state index contributed by atoms with van der Waals surface area (Å²) in [6.45, 7) is 3.11. The Kier molecular flexibility index (Phi) is 5.79. The van der Waals surface area contributed by atoms with Crippen LogP contribution in [0.3, 0.4) is 0 Å². The van der Waals surface area contributed by atoms with Gasteiger partial charge in [0.2, 0.25) is 0 Å². The van der Waals surface area contributed by atoms with Crippen molar-refractivity contribution in [2.45, 2.75) is 13.8 Å². The monoisotopic (exact) mass is 413 g/mol. The van der Waals surface area contributed by atoms with Gasteiger partial charge in [-0.05, 0) is 37.6 Å². The van der Waals surface area contributed by atoms with Gasteiger partial charge in [-0.15, -0.1) is 11.3 Å². The van der Waals surface area contributed by atoms with Gasteiger partial charge in [-0.1, -0.05) is 12.1 Å². The molecule has 0 saturated carbocycles. The second-order valence-corrected chi connectivity index (χ2v) is 7.26. The lowest BCUT2D eigenvalue weighted by Gasteiger charge is -2.08. The molecule has 3 rings (SSSR count). The number of para-hydroxylation sites is 1. The zero-order valence-corrected chi connectivity index (χ0v) is 16.9. The number of nitrogens with one attached hydrogen (secondary N) is 1. The lowest BCUT2D eigenvalue weighted by Crippen LogP contribution is -2.34. The Balaban J connectivity index is 1.67. The van der Waals surface area contributed by atoms with Crippen LogP contribution in [0.15, 0.2) is 30.3 Å². The number of nitrogens with two attached hydrogens (primary N) is 1. The summed E-state index contributed by atoms with van der Waals surface area (Å²) in [7, 11) is 1.42. The SMILES string of the molecule is COc1ccccc1C(=O)NC(=O)COC(=O)c1sc2nc(C)cc(C)c2c1N. The molecule has 0 radical (unpaired) electrons. The van der Waals surface area contributed by atoms with E-state index < -0.39 is 24.4 Å². The summed E-state index contributed by atoms with van der Waals surface area (Å²) in [5.74, 6) is -1.84. The van der Waals surface area contributed by atoms with Crippen molar-refractivity contribution in [1.29, 1.82) is 0 Å². The van der Waals surface area contributed by atoms with Gasteiger partial charge in [0, 0.05) is 11.1 Å². The average molecular weight is 413 g/mol. The quantitative estimate of drug-likeness (QED) is 0.617. The van der Waals surface area contributed by atoms with Crippen molar-refractivity contribution in [3.8, 4) is 5.75 Å². The van der Waals surface area contributed by atoms with E-state index in [2.05, 4.69) is 10.3 Å². The van der Waals surface area contributed by atoms with Gasteiger partial charge >= 0.3 is 5.97 Å². The number of carbonyl (C=O) groups is 3. The summed E-state index contributed by atoms with van der Waals surface area (Å²) >= 11 is 1.10. The molecule has 0 aliphatic heterocycles. The molecule has 9 heteroatoms. The van der Waals surface area contributed by atoms with Crippen LogP contribution in [-0.4, -0.2) is 36.5 Å². The lowest BCUT2D eigenvalue weighted by molar-refractivity contribution is -0.123. The highest BCUT2D eigenvalue weighted by Crippen LogP contribution is 2.35. The topological polar surface area (TPSA) is 121 Å². The molecule has 2 amide bonds. The summed E-state index contributed by atoms with van der Waals surface area (Å²) in [4.78, 5) is 41.8. The standard InChI is InChI=1S/C20H19N3O5S/c1-10-8-11(2)22-19-15(10)16(21)17(29-19)20(26)28-9-14(24)23-18(25)12-6-4-5-7-13(12)27-3/h4-8H,9,21H2,1-3H3,(H,23,24,25). The number of imide groups is 1. The Morgan fingerprint density at radius 2 is 1.93 bits per heavy atom. The number of carbonyl (C=O) groups excluding carboxylic acids is 3. The number of rotatable bonds is 5. The molecular formula is C20H19N3O5S. The van der Waals surface area contributed by atoms with Gasteiger partial charge in [-0.2, -0.15) is 0 Å². The Morgan fingerprint density at radius 1 is 1.21 bits per heavy atom. The number of ether oxygens (including phenoxy) is 2. The number of esters is 1. The maximum atomic E-state index is 12.4. The molecule has 0 aliphatic rings. The molecule has 150 valence electrons. The van der Waals surface area contributed by atoms with E-state index in [1.54, 1.807) is 18.2 Å². The molecule has 29 heavy (non-hydrogen) atoms. The number of anilines is 1. The van der Waals surface area contributed by atoms with Gasteiger partial charge in [-0.3, -0.25) is 14.9 Å². The van der Waals surface area contributed by atoms with E-state index in [1.807, 2.05) is 19.9 Å². The predicted octanol–water partition coefficient (Wildman–Crippen LogP) is 2.62. The summed E-state index contributed by atoms with van der Waals surface area (Å²) < 4.78 is 10.1. The van der Waals surface area contributed by atoms with Gasteiger partial charge < -0.3 is 15.2 Å². The maximum Gasteiger partial charge on any atom is 0.351 e. The number of nitrogens with zero attached hydrogens (tertiary/aromatic N) is 1. The van der Waals surface area contributed by atoms with Crippen molar-refractivity contribution in [2.24, 2.45) is 0 Å². The molecule has 0 bridgehead atoms. The Hall–Kier alpha value is -3.46. The molecule has 2 aromatic heterocycles. The summed E-state index contributed by atoms with van der Waals surface area (Å²) in [5, 5.41) is 2.86. The van der Waals surface area contributed by atoms with E-state index >= 15 is 0 Å². The number of pyridine rings is 1. The first-order valence-electron chi connectivity index (χ1n) is 8.62. The van der Waals surface area contributed by atoms with Crippen LogP contribution in [0.4, 0.5) is 5.69 Å². The third-order valence-electron chi connectivity index (χ3n) is 4.15. The van der Waals surface area contributed by atoms with Crippen LogP contribution in [0.1, 0.15) is 31.3 Å². The fourth-order valence-corrected chi connectivity index (χ4v) is 3.99. The van der Waals surface area contributed by atoms with Crippen molar-refractivity contribution in [3.05, 3.63) is 52.0 Å². The Labute approximate surface area is 170 Å². The lowest BCUT2D eigenvalue weighted by atomic mass is 10.1. The molecule has 2 heterocycles. The molecule has 0 atom stereocenters. The first-order chi connectivity index (χ1) is 13.8. The second kappa shape index (κ2) is 8.27. The molecular weight excluding hydrogens is 394 g/mol. The minimum atomic E-state index is -0.765. The number of amides is 2. The van der Waals surface area contributed by atoms with Gasteiger partial charge in [-0.25, -0.2) is 9.78 Å². The van der Waals surface area contributed by atoms with Crippen LogP contribution in [0.2, 0.25) is 0 Å². The van der Waals surface area contributed by atoms with E-state index in [1.165, 1.54) is 13.2 Å². The molecule has 0 saturated heterocycles. The van der Waals surface area contributed by atoms with E-state index in [9.17, 15) is 14.4 Å². The first kappa shape index (κ1) is 20.3. The third kappa shape index (κ3) is 4.19. The fourth-order valence-electron chi connectivity index (χ4n) is 2.88. The number of fused-ring (bicyclic) bond motifs is 1. The smallest absolute Gasteiger partial charge is 0.351 e. The van der Waals surface area contributed by atoms with Crippen molar-refractivity contribution in [1.82, 2.24) is 10.3 Å². The van der Waals surface area contributed by atoms with Crippen molar-refractivity contribution in [2.75, 3.05) is 19.5 Å². The zero-order valence-electron chi connectivity index (χ0n) is 16.1. The summed E-state index contributed by atoms with van der Waals surface area (Å²) in [5.41, 5.74) is 8.26. The third-order valence-corrected chi connectivity index (χ3v) is 5.23. The van der Waals surface area contributed by atoms with Crippen LogP contribution < -0.4 is 15.8 Å². The summed E-state index contributed by atoms with van der Waals surface area (Å²) in [6.07, 6.45) is 0. The van der Waals surface area contributed by atoms with E-state index in [0.717, 1.165) is 22.6 Å². The highest BCUT2D eigenvalue weighted by molar-refractivity contribution is 7.21. The normalized spacial score (nSPS) is 10.6. The predicted molar refractivity (Wildman–Crippen MR) is 109 cm³/mol. The van der Waals surface area contributed by atoms with Crippen LogP contribution >= 0.6 is 11.3 Å². The highest BCUT2D eigenvalue weighted by atomic mass is 32.1. The number of methoxy groups -OCH3 is 1. The molecule has 3 aromatic rings. The highest BCUT2D eigenvalue weighted by Gasteiger charge is 2.22. The van der Waals surface area contributed by atoms with Crippen molar-refractivity contribution < 1.29 is 23.9 Å². The van der Waals surface area contributed by atoms with Crippen LogP contribution in [-0.2, 0) is 9.53 Å². The van der Waals surface area contributed by atoms with Gasteiger partial charge in [0.05, 0.1) is 18.4 Å². The number of aromatic nitrogens is 1. The second-order valence-electron chi connectivity index (χ2n) is 6.26. The van der Waals surface area contributed by atoms with Crippen LogP contribution in [0.5, 0.6) is 5.75 Å². The largest absolute Gasteiger partial charge is 0.496 e. The number of hydrogen-bond acceptors (Lipinski definition) is 8. The van der Waals surface area contributed by atoms with Gasteiger partial charge in [0.1, 0.15) is 15.5 Å². The Bertz CT molecular complexity index is 1120. The summed E-state index contributed by atoms with van der Waals surface area (Å²) in [6, 6.07) is 8.33. The molecule has 0 spiro atoms. The van der Waals surface area contributed by atoms with Gasteiger partial charge in [0.25, 0.3) is 11.8 Å². The Morgan fingerprint density at radius 3 is 2.66 bits per heavy atom. The molecule has 0 fully saturated rings. The van der Waals surface area contributed by atoms with E-state index in [-0.39, 0.29) is 16.1 Å².